The molecule has 0 aromatic rings. The Morgan fingerprint density at radius 3 is 2.78 bits per heavy atom. The molecule has 1 nitrogen and oxygen atoms in total. The lowest BCUT2D eigenvalue weighted by molar-refractivity contribution is 0.239. The number of nitrogens with one attached hydrogen (secondary N) is 1. The van der Waals surface area contributed by atoms with Gasteiger partial charge in [0.1, 0.15) is 0 Å². The van der Waals surface area contributed by atoms with Crippen LogP contribution in [0, 0.1) is 34.0 Å². The highest BCUT2D eigenvalue weighted by Gasteiger charge is 2.74. The number of allylic oxidation sites excluding steroid dienone is 2. The summed E-state index contributed by atoms with van der Waals surface area (Å²) >= 11 is 2.47. The first-order valence-corrected chi connectivity index (χ1v) is 8.53. The van der Waals surface area contributed by atoms with Crippen molar-refractivity contribution in [1.29, 1.82) is 5.41 Å². The van der Waals surface area contributed by atoms with Crippen molar-refractivity contribution in [3.8, 4) is 0 Å². The molecule has 0 radical (unpaired) electrons. The highest BCUT2D eigenvalue weighted by atomic mass is 127. The first-order valence-electron chi connectivity index (χ1n) is 7.29. The van der Waals surface area contributed by atoms with Crippen LogP contribution in [-0.4, -0.2) is 10.1 Å². The van der Waals surface area contributed by atoms with E-state index in [1.54, 1.807) is 11.8 Å². The Labute approximate surface area is 124 Å². The smallest absolute Gasteiger partial charge is 0.0159 e. The van der Waals surface area contributed by atoms with Crippen LogP contribution in [0.3, 0.4) is 0 Å². The van der Waals surface area contributed by atoms with E-state index in [-0.39, 0.29) is 0 Å². The van der Waals surface area contributed by atoms with E-state index in [1.165, 1.54) is 25.7 Å². The maximum atomic E-state index is 7.57. The molecule has 0 amide bonds. The second-order valence-corrected chi connectivity index (χ2v) is 9.19. The van der Waals surface area contributed by atoms with Crippen molar-refractivity contribution in [3.63, 3.8) is 0 Å². The summed E-state index contributed by atoms with van der Waals surface area (Å²) in [5.41, 5.74) is 3.02. The van der Waals surface area contributed by atoms with Crippen molar-refractivity contribution >= 4 is 28.8 Å². The fourth-order valence-electron chi connectivity index (χ4n) is 4.52. The zero-order valence-electron chi connectivity index (χ0n) is 11.7. The van der Waals surface area contributed by atoms with Gasteiger partial charge in [0, 0.05) is 9.84 Å². The number of hydrogen-bond acceptors (Lipinski definition) is 1. The van der Waals surface area contributed by atoms with Gasteiger partial charge in [0.25, 0.3) is 0 Å². The standard InChI is InChI=1S/C16H24IN/c1-10(4-12(9-18)11(2)17)6-16-8-14(16)5-13-7-15(13,16)3/h5,9-12,14,18H,4,6-8H2,1-3H3/t10?,11?,12-,14?,15+,16-/m0/s1. The Morgan fingerprint density at radius 2 is 2.28 bits per heavy atom. The van der Waals surface area contributed by atoms with Crippen LogP contribution in [0.1, 0.15) is 46.5 Å². The predicted octanol–water partition coefficient (Wildman–Crippen LogP) is 4.85. The summed E-state index contributed by atoms with van der Waals surface area (Å²) in [5, 5.41) is 7.57. The molecule has 2 fully saturated rings. The molecule has 2 heteroatoms. The lowest BCUT2D eigenvalue weighted by Crippen LogP contribution is -2.22. The van der Waals surface area contributed by atoms with Gasteiger partial charge in [0.2, 0.25) is 0 Å². The van der Waals surface area contributed by atoms with Crippen LogP contribution in [0.15, 0.2) is 11.6 Å². The molecule has 0 saturated heterocycles. The molecule has 6 atom stereocenters. The van der Waals surface area contributed by atoms with Gasteiger partial charge >= 0.3 is 0 Å². The molecule has 0 aliphatic heterocycles. The molecule has 2 saturated carbocycles. The van der Waals surface area contributed by atoms with Crippen molar-refractivity contribution in [3.05, 3.63) is 11.6 Å². The summed E-state index contributed by atoms with van der Waals surface area (Å²) in [5.74, 6) is 2.16. The Kier molecular flexibility index (Phi) is 2.97. The monoisotopic (exact) mass is 357 g/mol. The van der Waals surface area contributed by atoms with Crippen LogP contribution in [0.2, 0.25) is 0 Å². The van der Waals surface area contributed by atoms with Crippen LogP contribution in [-0.2, 0) is 0 Å². The first kappa shape index (κ1) is 13.1. The van der Waals surface area contributed by atoms with E-state index in [2.05, 4.69) is 49.4 Å². The van der Waals surface area contributed by atoms with Crippen molar-refractivity contribution in [2.45, 2.75) is 50.4 Å². The van der Waals surface area contributed by atoms with E-state index in [4.69, 9.17) is 5.41 Å². The lowest BCUT2D eigenvalue weighted by Gasteiger charge is -2.27. The number of rotatable bonds is 6. The van der Waals surface area contributed by atoms with E-state index in [1.807, 2.05) is 0 Å². The van der Waals surface area contributed by atoms with Gasteiger partial charge in [-0.3, -0.25) is 0 Å². The van der Waals surface area contributed by atoms with E-state index >= 15 is 0 Å². The molecule has 18 heavy (non-hydrogen) atoms. The van der Waals surface area contributed by atoms with E-state index in [9.17, 15) is 0 Å². The molecule has 3 rings (SSSR count). The van der Waals surface area contributed by atoms with Crippen molar-refractivity contribution < 1.29 is 0 Å². The zero-order valence-corrected chi connectivity index (χ0v) is 13.8. The highest BCUT2D eigenvalue weighted by Crippen LogP contribution is 2.83. The topological polar surface area (TPSA) is 23.9 Å². The Hall–Kier alpha value is 0.140. The highest BCUT2D eigenvalue weighted by molar-refractivity contribution is 14.1. The molecule has 3 unspecified atom stereocenters. The summed E-state index contributed by atoms with van der Waals surface area (Å²) in [7, 11) is 0. The largest absolute Gasteiger partial charge is 0.313 e. The molecular formula is C16H24IN. The number of hydrogen-bond donors (Lipinski definition) is 1. The summed E-state index contributed by atoms with van der Waals surface area (Å²) in [6, 6.07) is 0. The van der Waals surface area contributed by atoms with Gasteiger partial charge in [0.05, 0.1) is 0 Å². The van der Waals surface area contributed by atoms with Gasteiger partial charge in [-0.15, -0.1) is 0 Å². The zero-order chi connectivity index (χ0) is 13.1. The third kappa shape index (κ3) is 1.74. The van der Waals surface area contributed by atoms with Crippen LogP contribution in [0.5, 0.6) is 0 Å². The van der Waals surface area contributed by atoms with Crippen LogP contribution in [0.25, 0.3) is 0 Å². The summed E-state index contributed by atoms with van der Waals surface area (Å²) in [6.45, 7) is 7.13. The third-order valence-electron chi connectivity index (χ3n) is 5.95. The number of halogens is 1. The molecule has 1 N–H and O–H groups in total. The van der Waals surface area contributed by atoms with Gasteiger partial charge < -0.3 is 5.41 Å². The normalized spacial score (nSPS) is 44.4. The van der Waals surface area contributed by atoms with Gasteiger partial charge in [-0.05, 0) is 54.6 Å². The first-order chi connectivity index (χ1) is 8.43. The lowest BCUT2D eigenvalue weighted by atomic mass is 9.77. The molecule has 0 aromatic heterocycles. The molecule has 100 valence electrons. The number of alkyl halides is 1. The van der Waals surface area contributed by atoms with Crippen molar-refractivity contribution in [1.82, 2.24) is 0 Å². The van der Waals surface area contributed by atoms with Gasteiger partial charge in [-0.2, -0.15) is 0 Å². The molecule has 0 spiro atoms. The molecule has 0 aromatic carbocycles. The van der Waals surface area contributed by atoms with Crippen LogP contribution < -0.4 is 0 Å². The van der Waals surface area contributed by atoms with Crippen LogP contribution in [0.4, 0.5) is 0 Å². The Balaban J connectivity index is 1.60. The fraction of sp³-hybridized carbons (Fsp3) is 0.812. The van der Waals surface area contributed by atoms with E-state index in [0.29, 0.717) is 20.7 Å². The van der Waals surface area contributed by atoms with E-state index in [0.717, 1.165) is 11.8 Å². The van der Waals surface area contributed by atoms with Crippen molar-refractivity contribution in [2.24, 2.45) is 28.6 Å². The molecule has 3 aliphatic rings. The molecule has 0 heterocycles. The number of fused-ring (bicyclic) bond motifs is 3. The molecule has 0 bridgehead atoms. The average Bonchev–Trinajstić information content (AvgIpc) is 3.14. The second kappa shape index (κ2) is 4.07. The van der Waals surface area contributed by atoms with Crippen molar-refractivity contribution in [2.75, 3.05) is 0 Å². The summed E-state index contributed by atoms with van der Waals surface area (Å²) in [6.07, 6.45) is 9.68. The maximum absolute atomic E-state index is 7.57. The molecule has 3 aliphatic carbocycles. The van der Waals surface area contributed by atoms with E-state index < -0.39 is 0 Å². The Morgan fingerprint density at radius 1 is 1.56 bits per heavy atom. The van der Waals surface area contributed by atoms with Crippen LogP contribution >= 0.6 is 22.6 Å². The maximum Gasteiger partial charge on any atom is 0.0159 e. The predicted molar refractivity (Wildman–Crippen MR) is 85.5 cm³/mol. The summed E-state index contributed by atoms with van der Waals surface area (Å²) in [4.78, 5) is 0. The minimum absolute atomic E-state index is 0.468. The van der Waals surface area contributed by atoms with Gasteiger partial charge in [-0.1, -0.05) is 55.0 Å². The Bertz CT molecular complexity index is 413. The van der Waals surface area contributed by atoms with Gasteiger partial charge in [0.15, 0.2) is 0 Å². The minimum atomic E-state index is 0.468. The average molecular weight is 357 g/mol. The quantitative estimate of drug-likeness (QED) is 0.304. The SMILES string of the molecule is CC(C[C@@H](C=N)C(C)I)C[C@]12CC1C=C1C[C@]12C. The second-order valence-electron chi connectivity index (χ2n) is 7.22. The minimum Gasteiger partial charge on any atom is -0.313 e. The fourth-order valence-corrected chi connectivity index (χ4v) is 5.02. The summed E-state index contributed by atoms with van der Waals surface area (Å²) < 4.78 is 0.587. The molecular weight excluding hydrogens is 333 g/mol. The third-order valence-corrected chi connectivity index (χ3v) is 6.88. The van der Waals surface area contributed by atoms with Gasteiger partial charge in [-0.25, -0.2) is 0 Å².